The second-order valence-electron chi connectivity index (χ2n) is 6.16. The van der Waals surface area contributed by atoms with Crippen molar-refractivity contribution < 1.29 is 4.79 Å². The van der Waals surface area contributed by atoms with Crippen molar-refractivity contribution in [3.63, 3.8) is 0 Å². The van der Waals surface area contributed by atoms with Crippen LogP contribution in [0.3, 0.4) is 0 Å². The summed E-state index contributed by atoms with van der Waals surface area (Å²) in [6.45, 7) is 0.901. The number of aldehydes is 1. The number of hydrogen-bond acceptors (Lipinski definition) is 3. The summed E-state index contributed by atoms with van der Waals surface area (Å²) < 4.78 is 0. The molecule has 3 heteroatoms. The topological polar surface area (TPSA) is 46.3 Å². The largest absolute Gasteiger partial charge is 0.310 e. The third-order valence-corrected chi connectivity index (χ3v) is 4.99. The van der Waals surface area contributed by atoms with E-state index in [9.17, 15) is 4.79 Å². The quantitative estimate of drug-likeness (QED) is 0.860. The zero-order valence-corrected chi connectivity index (χ0v) is 12.0. The number of nitrogens with zero attached hydrogens (tertiary/aromatic N) is 1. The fourth-order valence-electron chi connectivity index (χ4n) is 4.01. The third kappa shape index (κ3) is 2.52. The van der Waals surface area contributed by atoms with Crippen LogP contribution in [0.4, 0.5) is 0 Å². The monoisotopic (exact) mass is 272 g/mol. The zero-order valence-electron chi connectivity index (χ0n) is 12.0. The first-order chi connectivity index (χ1) is 9.81. The summed E-state index contributed by atoms with van der Waals surface area (Å²) in [7, 11) is 0. The van der Waals surface area contributed by atoms with Crippen LogP contribution in [0.2, 0.25) is 0 Å². The van der Waals surface area contributed by atoms with Gasteiger partial charge in [-0.1, -0.05) is 43.5 Å². The molecule has 0 radical (unpaired) electrons. The lowest BCUT2D eigenvalue weighted by Crippen LogP contribution is -2.50. The Bertz CT molecular complexity index is 468. The minimum absolute atomic E-state index is 0.334. The molecule has 1 aromatic carbocycles. The lowest BCUT2D eigenvalue weighted by molar-refractivity contribution is -0.114. The van der Waals surface area contributed by atoms with Crippen LogP contribution in [0.1, 0.15) is 49.3 Å². The van der Waals surface area contributed by atoms with Crippen molar-refractivity contribution in [1.82, 2.24) is 4.90 Å². The Morgan fingerprint density at radius 2 is 1.95 bits per heavy atom. The van der Waals surface area contributed by atoms with E-state index >= 15 is 0 Å². The number of benzene rings is 1. The fourth-order valence-corrected chi connectivity index (χ4v) is 4.01. The van der Waals surface area contributed by atoms with Crippen molar-refractivity contribution in [2.45, 2.75) is 50.7 Å². The molecule has 1 heterocycles. The first-order valence-electron chi connectivity index (χ1n) is 7.85. The second-order valence-corrected chi connectivity index (χ2v) is 6.16. The molecule has 0 spiro atoms. The number of carbonyl (C=O) groups is 1. The van der Waals surface area contributed by atoms with Crippen molar-refractivity contribution in [2.24, 2.45) is 11.7 Å². The summed E-state index contributed by atoms with van der Waals surface area (Å²) >= 11 is 0. The molecule has 1 aromatic rings. The summed E-state index contributed by atoms with van der Waals surface area (Å²) in [6, 6.07) is 9.03. The predicted molar refractivity (Wildman–Crippen MR) is 80.2 cm³/mol. The second kappa shape index (κ2) is 6.06. The molecule has 3 nitrogen and oxygen atoms in total. The van der Waals surface area contributed by atoms with Crippen molar-refractivity contribution in [3.05, 3.63) is 35.4 Å². The Morgan fingerprint density at radius 3 is 2.70 bits per heavy atom. The van der Waals surface area contributed by atoms with Gasteiger partial charge in [-0.15, -0.1) is 0 Å². The van der Waals surface area contributed by atoms with E-state index in [0.717, 1.165) is 19.3 Å². The molecule has 0 aromatic heterocycles. The highest BCUT2D eigenvalue weighted by Gasteiger charge is 2.36. The Morgan fingerprint density at radius 1 is 1.20 bits per heavy atom. The number of hydrogen-bond donors (Lipinski definition) is 1. The fraction of sp³-hybridized carbons (Fsp3) is 0.588. The Labute approximate surface area is 121 Å². The van der Waals surface area contributed by atoms with E-state index in [1.54, 1.807) is 0 Å². The Kier molecular flexibility index (Phi) is 4.18. The van der Waals surface area contributed by atoms with Crippen LogP contribution in [-0.2, 0) is 11.2 Å². The first-order valence-corrected chi connectivity index (χ1v) is 7.85. The standard InChI is InChI=1S/C17H24N2O/c18-16(12-20)19-11-10-13-6-4-5-9-15(13)17(19)14-7-2-1-3-8-14/h4-6,9,12,14,16-17H,1-3,7-8,10-11,18H2. The van der Waals surface area contributed by atoms with Gasteiger partial charge in [0.15, 0.2) is 6.29 Å². The minimum atomic E-state index is -0.463. The first kappa shape index (κ1) is 13.8. The van der Waals surface area contributed by atoms with Gasteiger partial charge >= 0.3 is 0 Å². The molecule has 2 unspecified atom stereocenters. The molecular formula is C17H24N2O. The van der Waals surface area contributed by atoms with Crippen molar-refractivity contribution in [3.8, 4) is 0 Å². The van der Waals surface area contributed by atoms with Gasteiger partial charge in [-0.3, -0.25) is 4.90 Å². The molecule has 3 rings (SSSR count). The van der Waals surface area contributed by atoms with Crippen LogP contribution < -0.4 is 5.73 Å². The van der Waals surface area contributed by atoms with Gasteiger partial charge in [-0.05, 0) is 36.3 Å². The number of carbonyl (C=O) groups excluding carboxylic acids is 1. The van der Waals surface area contributed by atoms with E-state index in [1.165, 1.54) is 43.2 Å². The van der Waals surface area contributed by atoms with E-state index in [0.29, 0.717) is 12.0 Å². The van der Waals surface area contributed by atoms with Crippen LogP contribution in [0.25, 0.3) is 0 Å². The lowest BCUT2D eigenvalue weighted by atomic mass is 9.77. The SMILES string of the molecule is NC(C=O)N1CCc2ccccc2C1C1CCCCC1. The van der Waals surface area contributed by atoms with Crippen LogP contribution in [0, 0.1) is 5.92 Å². The molecule has 0 saturated heterocycles. The highest BCUT2D eigenvalue weighted by atomic mass is 16.1. The molecule has 108 valence electrons. The smallest absolute Gasteiger partial charge is 0.151 e. The average molecular weight is 272 g/mol. The molecule has 20 heavy (non-hydrogen) atoms. The van der Waals surface area contributed by atoms with Gasteiger partial charge in [0, 0.05) is 12.6 Å². The van der Waals surface area contributed by atoms with Crippen LogP contribution >= 0.6 is 0 Å². The van der Waals surface area contributed by atoms with Gasteiger partial charge in [0.2, 0.25) is 0 Å². The van der Waals surface area contributed by atoms with Crippen molar-refractivity contribution in [2.75, 3.05) is 6.54 Å². The molecule has 2 aliphatic rings. The average Bonchev–Trinajstić information content (AvgIpc) is 2.53. The van der Waals surface area contributed by atoms with Crippen LogP contribution in [0.15, 0.2) is 24.3 Å². The van der Waals surface area contributed by atoms with E-state index in [-0.39, 0.29) is 0 Å². The molecule has 1 fully saturated rings. The molecule has 1 saturated carbocycles. The number of rotatable bonds is 3. The summed E-state index contributed by atoms with van der Waals surface area (Å²) in [4.78, 5) is 13.4. The summed E-state index contributed by atoms with van der Waals surface area (Å²) in [5.41, 5.74) is 8.91. The van der Waals surface area contributed by atoms with E-state index in [2.05, 4.69) is 29.2 Å². The van der Waals surface area contributed by atoms with Crippen molar-refractivity contribution in [1.29, 1.82) is 0 Å². The molecule has 0 bridgehead atoms. The maximum atomic E-state index is 11.2. The van der Waals surface area contributed by atoms with Gasteiger partial charge < -0.3 is 10.5 Å². The molecule has 2 N–H and O–H groups in total. The van der Waals surface area contributed by atoms with Gasteiger partial charge in [0.25, 0.3) is 0 Å². The lowest BCUT2D eigenvalue weighted by Gasteiger charge is -2.44. The minimum Gasteiger partial charge on any atom is -0.310 e. The van der Waals surface area contributed by atoms with E-state index in [1.807, 2.05) is 0 Å². The Hall–Kier alpha value is -1.19. The maximum Gasteiger partial charge on any atom is 0.151 e. The normalized spacial score (nSPS) is 25.9. The zero-order chi connectivity index (χ0) is 13.9. The molecular weight excluding hydrogens is 248 g/mol. The predicted octanol–water partition coefficient (Wildman–Crippen LogP) is 2.65. The van der Waals surface area contributed by atoms with Crippen LogP contribution in [0.5, 0.6) is 0 Å². The van der Waals surface area contributed by atoms with E-state index in [4.69, 9.17) is 5.73 Å². The van der Waals surface area contributed by atoms with E-state index < -0.39 is 6.17 Å². The maximum absolute atomic E-state index is 11.2. The molecule has 2 atom stereocenters. The molecule has 1 aliphatic heterocycles. The van der Waals surface area contributed by atoms with Gasteiger partial charge in [0.1, 0.15) is 6.17 Å². The molecule has 0 amide bonds. The number of nitrogens with two attached hydrogens (primary N) is 1. The van der Waals surface area contributed by atoms with Gasteiger partial charge in [-0.25, -0.2) is 0 Å². The molecule has 1 aliphatic carbocycles. The summed E-state index contributed by atoms with van der Waals surface area (Å²) in [5.74, 6) is 0.649. The highest BCUT2D eigenvalue weighted by molar-refractivity contribution is 5.57. The summed E-state index contributed by atoms with van der Waals surface area (Å²) in [6.07, 6.45) is 7.94. The third-order valence-electron chi connectivity index (χ3n) is 4.99. The summed E-state index contributed by atoms with van der Waals surface area (Å²) in [5, 5.41) is 0. The Balaban J connectivity index is 1.95. The van der Waals surface area contributed by atoms with Gasteiger partial charge in [-0.2, -0.15) is 0 Å². The number of fused-ring (bicyclic) bond motifs is 1. The van der Waals surface area contributed by atoms with Crippen molar-refractivity contribution >= 4 is 6.29 Å². The van der Waals surface area contributed by atoms with Crippen LogP contribution in [-0.4, -0.2) is 23.9 Å². The van der Waals surface area contributed by atoms with Gasteiger partial charge in [0.05, 0.1) is 0 Å². The highest BCUT2D eigenvalue weighted by Crippen LogP contribution is 2.42.